The van der Waals surface area contributed by atoms with E-state index in [0.717, 1.165) is 35.9 Å². The number of rotatable bonds is 7. The number of carbonyl (C=O) groups is 1. The molecular weight excluding hydrogens is 480 g/mol. The van der Waals surface area contributed by atoms with E-state index in [9.17, 15) is 30.8 Å². The van der Waals surface area contributed by atoms with Crippen LogP contribution in [0.5, 0.6) is 0 Å². The lowest BCUT2D eigenvalue weighted by Crippen LogP contribution is -2.78. The van der Waals surface area contributed by atoms with Crippen molar-refractivity contribution in [1.82, 2.24) is 5.32 Å². The summed E-state index contributed by atoms with van der Waals surface area (Å²) in [4.78, 5) is 13.7. The van der Waals surface area contributed by atoms with E-state index >= 15 is 0 Å². The Hall–Kier alpha value is -2.27. The Labute approximate surface area is 192 Å². The molecule has 4 fully saturated rings. The van der Waals surface area contributed by atoms with E-state index in [2.05, 4.69) is 10.0 Å². The lowest BCUT2D eigenvalue weighted by atomic mass is 9.39. The summed E-state index contributed by atoms with van der Waals surface area (Å²) in [5.74, 6) is -1.51. The first kappa shape index (κ1) is 22.5. The quantitative estimate of drug-likeness (QED) is 0.519. The SMILES string of the molecule is O=C(NC12CC(C(F)(F)F)(C1)C2)c1ccc(F)cc1NS(=O)(=O)c1ccc(SC2CC2)cc1. The maximum atomic E-state index is 13.9. The van der Waals surface area contributed by atoms with Crippen molar-refractivity contribution < 1.29 is 30.8 Å². The molecule has 0 saturated heterocycles. The van der Waals surface area contributed by atoms with E-state index in [4.69, 9.17) is 0 Å². The topological polar surface area (TPSA) is 75.3 Å². The molecule has 0 heterocycles. The summed E-state index contributed by atoms with van der Waals surface area (Å²) < 4.78 is 81.0. The first-order chi connectivity index (χ1) is 15.4. The van der Waals surface area contributed by atoms with Crippen molar-refractivity contribution in [3.05, 3.63) is 53.8 Å². The minimum atomic E-state index is -4.32. The second kappa shape index (κ2) is 7.36. The molecule has 2 aromatic rings. The molecular formula is C22H20F4N2O3S2. The molecule has 0 unspecified atom stereocenters. The number of alkyl halides is 3. The van der Waals surface area contributed by atoms with E-state index in [0.29, 0.717) is 5.25 Å². The molecule has 4 saturated carbocycles. The number of thioether (sulfide) groups is 1. The number of nitrogens with one attached hydrogen (secondary N) is 2. The summed E-state index contributed by atoms with van der Waals surface area (Å²) in [7, 11) is -4.12. The Morgan fingerprint density at radius 1 is 1.03 bits per heavy atom. The normalized spacial score (nSPS) is 26.2. The molecule has 0 radical (unpaired) electrons. The van der Waals surface area contributed by atoms with Gasteiger partial charge in [0.2, 0.25) is 0 Å². The van der Waals surface area contributed by atoms with Gasteiger partial charge in [-0.2, -0.15) is 13.2 Å². The van der Waals surface area contributed by atoms with Gasteiger partial charge < -0.3 is 5.32 Å². The van der Waals surface area contributed by atoms with Crippen molar-refractivity contribution in [1.29, 1.82) is 0 Å². The molecule has 2 N–H and O–H groups in total. The van der Waals surface area contributed by atoms with Gasteiger partial charge in [0.1, 0.15) is 5.82 Å². The molecule has 33 heavy (non-hydrogen) atoms. The fraction of sp³-hybridized carbons (Fsp3) is 0.409. The lowest BCUT2D eigenvalue weighted by Gasteiger charge is -2.70. The van der Waals surface area contributed by atoms with Gasteiger partial charge in [0.15, 0.2) is 0 Å². The number of amides is 1. The second-order valence-electron chi connectivity index (χ2n) is 9.13. The van der Waals surface area contributed by atoms with Crippen molar-refractivity contribution in [3.8, 4) is 0 Å². The van der Waals surface area contributed by atoms with Crippen molar-refractivity contribution in [2.75, 3.05) is 4.72 Å². The average molecular weight is 501 g/mol. The number of benzene rings is 2. The molecule has 2 aromatic carbocycles. The van der Waals surface area contributed by atoms with E-state index in [1.165, 1.54) is 12.1 Å². The third kappa shape index (κ3) is 4.09. The van der Waals surface area contributed by atoms with Gasteiger partial charge in [0, 0.05) is 15.7 Å². The fourth-order valence-corrected chi connectivity index (χ4v) is 6.73. The van der Waals surface area contributed by atoms with Crippen LogP contribution in [0.4, 0.5) is 23.2 Å². The Bertz CT molecular complexity index is 1210. The van der Waals surface area contributed by atoms with Gasteiger partial charge in [-0.15, -0.1) is 11.8 Å². The van der Waals surface area contributed by atoms with Gasteiger partial charge in [-0.1, -0.05) is 0 Å². The summed E-state index contributed by atoms with van der Waals surface area (Å²) >= 11 is 1.67. The number of hydrogen-bond acceptors (Lipinski definition) is 4. The zero-order chi connectivity index (χ0) is 23.6. The van der Waals surface area contributed by atoms with Crippen molar-refractivity contribution in [2.24, 2.45) is 5.41 Å². The van der Waals surface area contributed by atoms with Gasteiger partial charge in [-0.3, -0.25) is 9.52 Å². The average Bonchev–Trinajstić information content (AvgIpc) is 3.46. The lowest BCUT2D eigenvalue weighted by molar-refractivity contribution is -0.336. The van der Waals surface area contributed by atoms with Gasteiger partial charge >= 0.3 is 6.18 Å². The highest BCUT2D eigenvalue weighted by Crippen LogP contribution is 2.73. The predicted molar refractivity (Wildman–Crippen MR) is 115 cm³/mol. The Morgan fingerprint density at radius 3 is 2.24 bits per heavy atom. The number of halogens is 4. The number of hydrogen-bond donors (Lipinski definition) is 2. The van der Waals surface area contributed by atoms with Gasteiger partial charge in [-0.25, -0.2) is 12.8 Å². The molecule has 0 aliphatic heterocycles. The first-order valence-electron chi connectivity index (χ1n) is 10.4. The molecule has 176 valence electrons. The van der Waals surface area contributed by atoms with Crippen molar-refractivity contribution in [2.45, 2.75) is 58.9 Å². The monoisotopic (exact) mass is 500 g/mol. The fourth-order valence-electron chi connectivity index (χ4n) is 4.61. The smallest absolute Gasteiger partial charge is 0.346 e. The third-order valence-corrected chi connectivity index (χ3v) is 9.17. The minimum Gasteiger partial charge on any atom is -0.346 e. The van der Waals surface area contributed by atoms with Crippen LogP contribution in [0, 0.1) is 11.2 Å². The van der Waals surface area contributed by atoms with Crippen LogP contribution in [0.25, 0.3) is 0 Å². The maximum Gasteiger partial charge on any atom is 0.394 e. The molecule has 6 rings (SSSR count). The summed E-state index contributed by atoms with van der Waals surface area (Å²) in [6, 6.07) is 9.24. The second-order valence-corrected chi connectivity index (χ2v) is 12.2. The highest BCUT2D eigenvalue weighted by Gasteiger charge is 2.79. The van der Waals surface area contributed by atoms with Crippen LogP contribution in [0.1, 0.15) is 42.5 Å². The van der Waals surface area contributed by atoms with E-state index in [-0.39, 0.29) is 35.4 Å². The maximum absolute atomic E-state index is 13.9. The molecule has 2 bridgehead atoms. The third-order valence-electron chi connectivity index (χ3n) is 6.44. The van der Waals surface area contributed by atoms with Crippen LogP contribution in [-0.4, -0.2) is 31.3 Å². The zero-order valence-electron chi connectivity index (χ0n) is 17.2. The number of anilines is 1. The Kier molecular flexibility index (Phi) is 5.02. The molecule has 11 heteroatoms. The highest BCUT2D eigenvalue weighted by atomic mass is 32.2. The van der Waals surface area contributed by atoms with Crippen LogP contribution in [0.15, 0.2) is 52.3 Å². The summed E-state index contributed by atoms with van der Waals surface area (Å²) in [6.45, 7) is 0. The first-order valence-corrected chi connectivity index (χ1v) is 12.8. The van der Waals surface area contributed by atoms with Crippen molar-refractivity contribution in [3.63, 3.8) is 0 Å². The zero-order valence-corrected chi connectivity index (χ0v) is 18.8. The minimum absolute atomic E-state index is 0.0511. The standard InChI is InChI=1S/C22H20F4N2O3S2/c23-13-1-8-17(19(29)27-21-10-20(11-21,12-21)22(24,25)26)18(9-13)28-33(30,31)16-6-4-15(5-7-16)32-14-2-3-14/h1,4-9,14,28H,2-3,10-12H2,(H,27,29). The van der Waals surface area contributed by atoms with Gasteiger partial charge in [-0.05, 0) is 74.6 Å². The van der Waals surface area contributed by atoms with Crippen molar-refractivity contribution >= 4 is 33.4 Å². The van der Waals surface area contributed by atoms with Gasteiger partial charge in [0.05, 0.1) is 21.6 Å². The number of carbonyl (C=O) groups excluding carboxylic acids is 1. The molecule has 0 aromatic heterocycles. The summed E-state index contributed by atoms with van der Waals surface area (Å²) in [5.41, 5.74) is -3.13. The summed E-state index contributed by atoms with van der Waals surface area (Å²) in [5, 5.41) is 3.15. The van der Waals surface area contributed by atoms with Crippen LogP contribution in [-0.2, 0) is 10.0 Å². The van der Waals surface area contributed by atoms with E-state index in [1.54, 1.807) is 23.9 Å². The molecule has 1 amide bonds. The van der Waals surface area contributed by atoms with E-state index in [1.807, 2.05) is 0 Å². The molecule has 5 nitrogen and oxygen atoms in total. The van der Waals surface area contributed by atoms with Crippen LogP contribution >= 0.6 is 11.8 Å². The van der Waals surface area contributed by atoms with Gasteiger partial charge in [0.25, 0.3) is 15.9 Å². The summed E-state index contributed by atoms with van der Waals surface area (Å²) in [6.07, 6.45) is -2.67. The predicted octanol–water partition coefficient (Wildman–Crippen LogP) is 5.10. The van der Waals surface area contributed by atoms with E-state index < -0.39 is 38.9 Å². The number of sulfonamides is 1. The van der Waals surface area contributed by atoms with Crippen LogP contribution in [0.2, 0.25) is 0 Å². The molecule has 0 atom stereocenters. The van der Waals surface area contributed by atoms with Crippen LogP contribution in [0.3, 0.4) is 0 Å². The molecule has 4 aliphatic carbocycles. The Morgan fingerprint density at radius 2 is 1.67 bits per heavy atom. The largest absolute Gasteiger partial charge is 0.394 e. The van der Waals surface area contributed by atoms with Crippen LogP contribution < -0.4 is 10.0 Å². The molecule has 0 spiro atoms. The highest BCUT2D eigenvalue weighted by molar-refractivity contribution is 8.00. The Balaban J connectivity index is 1.32. The molecule has 4 aliphatic rings.